The van der Waals surface area contributed by atoms with Gasteiger partial charge in [0.1, 0.15) is 10.7 Å². The third-order valence-electron chi connectivity index (χ3n) is 3.09. The molecule has 2 rings (SSSR count). The van der Waals surface area contributed by atoms with Crippen molar-refractivity contribution in [2.24, 2.45) is 5.92 Å². The summed E-state index contributed by atoms with van der Waals surface area (Å²) in [4.78, 5) is 14.5. The van der Waals surface area contributed by atoms with Gasteiger partial charge in [0.15, 0.2) is 0 Å². The van der Waals surface area contributed by atoms with Gasteiger partial charge in [-0.15, -0.1) is 5.10 Å². The number of halogens is 1. The van der Waals surface area contributed by atoms with Crippen LogP contribution in [0.15, 0.2) is 30.5 Å². The molecule has 118 valence electrons. The van der Waals surface area contributed by atoms with E-state index >= 15 is 0 Å². The molecule has 0 bridgehead atoms. The fourth-order valence-corrected chi connectivity index (χ4v) is 2.58. The number of amides is 1. The first-order valence-corrected chi connectivity index (χ1v) is 7.75. The Morgan fingerprint density at radius 2 is 2.00 bits per heavy atom. The van der Waals surface area contributed by atoms with Gasteiger partial charge in [0.05, 0.1) is 18.8 Å². The number of aromatic nitrogens is 2. The van der Waals surface area contributed by atoms with Gasteiger partial charge in [-0.05, 0) is 35.1 Å². The van der Waals surface area contributed by atoms with Gasteiger partial charge in [-0.2, -0.15) is 0 Å². The molecule has 0 aliphatic rings. The Morgan fingerprint density at radius 3 is 2.55 bits per heavy atom. The van der Waals surface area contributed by atoms with Crippen LogP contribution in [-0.2, 0) is 0 Å². The molecule has 0 aliphatic carbocycles. The zero-order valence-electron chi connectivity index (χ0n) is 12.4. The van der Waals surface area contributed by atoms with E-state index in [-0.39, 0.29) is 24.2 Å². The highest BCUT2D eigenvalue weighted by molar-refractivity contribution is 7.07. The number of nitrogens with zero attached hydrogens (tertiary/aromatic N) is 3. The van der Waals surface area contributed by atoms with Crippen molar-refractivity contribution in [2.45, 2.75) is 20.0 Å². The summed E-state index contributed by atoms with van der Waals surface area (Å²) in [5.41, 5.74) is 0.574. The lowest BCUT2D eigenvalue weighted by Crippen LogP contribution is -2.37. The second kappa shape index (κ2) is 7.42. The first kappa shape index (κ1) is 16.5. The van der Waals surface area contributed by atoms with Gasteiger partial charge < -0.3 is 10.0 Å². The van der Waals surface area contributed by atoms with Gasteiger partial charge in [-0.25, -0.2) is 4.39 Å². The van der Waals surface area contributed by atoms with Crippen molar-refractivity contribution < 1.29 is 14.3 Å². The Labute approximate surface area is 132 Å². The van der Waals surface area contributed by atoms with E-state index < -0.39 is 6.10 Å². The van der Waals surface area contributed by atoms with Crippen molar-refractivity contribution in [2.75, 3.05) is 13.1 Å². The molecule has 0 aliphatic heterocycles. The summed E-state index contributed by atoms with van der Waals surface area (Å²) in [5, 5.41) is 14.0. The third kappa shape index (κ3) is 4.32. The molecule has 5 nitrogen and oxygen atoms in total. The molecule has 0 radical (unpaired) electrons. The van der Waals surface area contributed by atoms with Crippen molar-refractivity contribution in [1.29, 1.82) is 0 Å². The van der Waals surface area contributed by atoms with E-state index in [0.29, 0.717) is 17.0 Å². The van der Waals surface area contributed by atoms with Crippen LogP contribution in [0.2, 0.25) is 0 Å². The van der Waals surface area contributed by atoms with Gasteiger partial charge in [0.25, 0.3) is 5.91 Å². The van der Waals surface area contributed by atoms with Gasteiger partial charge >= 0.3 is 0 Å². The first-order chi connectivity index (χ1) is 10.5. The minimum absolute atomic E-state index is 0.139. The number of hydrogen-bond donors (Lipinski definition) is 1. The average Bonchev–Trinajstić information content (AvgIpc) is 3.00. The zero-order valence-corrected chi connectivity index (χ0v) is 13.3. The SMILES string of the molecule is CC(C)CN(C[C@@H](O)c1ccc(F)cc1)C(=O)c1cnns1. The van der Waals surface area contributed by atoms with Crippen LogP contribution in [-0.4, -0.2) is 38.6 Å². The highest BCUT2D eigenvalue weighted by Gasteiger charge is 2.22. The molecule has 1 aromatic heterocycles. The van der Waals surface area contributed by atoms with Crippen molar-refractivity contribution in [3.63, 3.8) is 0 Å². The molecule has 0 saturated carbocycles. The molecular weight excluding hydrogens is 305 g/mol. The lowest BCUT2D eigenvalue weighted by molar-refractivity contribution is 0.0599. The Morgan fingerprint density at radius 1 is 1.32 bits per heavy atom. The van der Waals surface area contributed by atoms with E-state index in [9.17, 15) is 14.3 Å². The number of carbonyl (C=O) groups excluding carboxylic acids is 1. The lowest BCUT2D eigenvalue weighted by Gasteiger charge is -2.26. The number of carbonyl (C=O) groups is 1. The quantitative estimate of drug-likeness (QED) is 0.887. The van der Waals surface area contributed by atoms with Gasteiger partial charge in [0.2, 0.25) is 0 Å². The molecule has 0 unspecified atom stereocenters. The van der Waals surface area contributed by atoms with Crippen molar-refractivity contribution in [1.82, 2.24) is 14.5 Å². The van der Waals surface area contributed by atoms with Crippen LogP contribution >= 0.6 is 11.5 Å². The predicted molar refractivity (Wildman–Crippen MR) is 82.0 cm³/mol. The third-order valence-corrected chi connectivity index (χ3v) is 3.75. The predicted octanol–water partition coefficient (Wildman–Crippen LogP) is 2.51. The Bertz CT molecular complexity index is 602. The summed E-state index contributed by atoms with van der Waals surface area (Å²) in [7, 11) is 0. The van der Waals surface area contributed by atoms with Crippen LogP contribution in [0.25, 0.3) is 0 Å². The number of hydrogen-bond acceptors (Lipinski definition) is 5. The summed E-state index contributed by atoms with van der Waals surface area (Å²) in [5.74, 6) is -0.308. The van der Waals surface area contributed by atoms with Crippen LogP contribution < -0.4 is 0 Å². The van der Waals surface area contributed by atoms with E-state index in [1.54, 1.807) is 4.90 Å². The maximum Gasteiger partial charge on any atom is 0.267 e. The summed E-state index contributed by atoms with van der Waals surface area (Å²) < 4.78 is 16.6. The molecule has 0 fully saturated rings. The molecule has 22 heavy (non-hydrogen) atoms. The van der Waals surface area contributed by atoms with Crippen molar-refractivity contribution >= 4 is 17.4 Å². The Hall–Kier alpha value is -1.86. The Kier molecular flexibility index (Phi) is 5.57. The lowest BCUT2D eigenvalue weighted by atomic mass is 10.1. The topological polar surface area (TPSA) is 66.3 Å². The number of benzene rings is 1. The fraction of sp³-hybridized carbons (Fsp3) is 0.400. The van der Waals surface area contributed by atoms with Gasteiger partial charge in [0, 0.05) is 6.54 Å². The molecule has 1 aromatic carbocycles. The van der Waals surface area contributed by atoms with Crippen LogP contribution in [0.1, 0.15) is 35.2 Å². The molecule has 1 heterocycles. The van der Waals surface area contributed by atoms with Gasteiger partial charge in [-0.1, -0.05) is 30.5 Å². The summed E-state index contributed by atoms with van der Waals surface area (Å²) in [6.45, 7) is 4.64. The largest absolute Gasteiger partial charge is 0.387 e. The minimum Gasteiger partial charge on any atom is -0.387 e. The molecule has 1 amide bonds. The number of aliphatic hydroxyl groups is 1. The molecule has 1 atom stereocenters. The minimum atomic E-state index is -0.871. The number of aliphatic hydroxyl groups excluding tert-OH is 1. The van der Waals surface area contributed by atoms with Crippen LogP contribution in [0.5, 0.6) is 0 Å². The standard InChI is InChI=1S/C15H18FN3O2S/c1-10(2)8-19(15(21)14-7-17-18-22-14)9-13(20)11-3-5-12(16)6-4-11/h3-7,10,13,20H,8-9H2,1-2H3/t13-/m1/s1. The van der Waals surface area contributed by atoms with Crippen LogP contribution in [0.3, 0.4) is 0 Å². The molecule has 0 saturated heterocycles. The summed E-state index contributed by atoms with van der Waals surface area (Å²) >= 11 is 1.03. The van der Waals surface area contributed by atoms with E-state index in [2.05, 4.69) is 9.59 Å². The summed E-state index contributed by atoms with van der Waals surface area (Å²) in [6, 6.07) is 5.62. The first-order valence-electron chi connectivity index (χ1n) is 6.97. The smallest absolute Gasteiger partial charge is 0.267 e. The molecule has 0 spiro atoms. The molecule has 1 N–H and O–H groups in total. The number of rotatable bonds is 6. The van der Waals surface area contributed by atoms with Crippen molar-refractivity contribution in [3.05, 3.63) is 46.7 Å². The monoisotopic (exact) mass is 323 g/mol. The highest BCUT2D eigenvalue weighted by Crippen LogP contribution is 2.18. The molecule has 7 heteroatoms. The van der Waals surface area contributed by atoms with E-state index in [4.69, 9.17) is 0 Å². The second-order valence-electron chi connectivity index (χ2n) is 5.45. The van der Waals surface area contributed by atoms with E-state index in [1.165, 1.54) is 30.5 Å². The van der Waals surface area contributed by atoms with E-state index in [1.807, 2.05) is 13.8 Å². The average molecular weight is 323 g/mol. The fourth-order valence-electron chi connectivity index (χ4n) is 2.10. The van der Waals surface area contributed by atoms with Gasteiger partial charge in [-0.3, -0.25) is 4.79 Å². The van der Waals surface area contributed by atoms with Crippen LogP contribution in [0.4, 0.5) is 4.39 Å². The molecular formula is C15H18FN3O2S. The zero-order chi connectivity index (χ0) is 16.1. The second-order valence-corrected chi connectivity index (χ2v) is 6.24. The highest BCUT2D eigenvalue weighted by atomic mass is 32.1. The maximum absolute atomic E-state index is 12.9. The molecule has 2 aromatic rings. The van der Waals surface area contributed by atoms with E-state index in [0.717, 1.165) is 11.5 Å². The van der Waals surface area contributed by atoms with Crippen LogP contribution in [0, 0.1) is 11.7 Å². The Balaban J connectivity index is 2.12. The normalized spacial score (nSPS) is 12.4. The maximum atomic E-state index is 12.9. The summed E-state index contributed by atoms with van der Waals surface area (Å²) in [6.07, 6.45) is 0.550. The van der Waals surface area contributed by atoms with Crippen molar-refractivity contribution in [3.8, 4) is 0 Å².